The second kappa shape index (κ2) is 4.21. The molecule has 1 aromatic heterocycles. The van der Waals surface area contributed by atoms with Crippen molar-refractivity contribution in [2.75, 3.05) is 11.9 Å². The number of rotatable bonds is 1. The third-order valence-electron chi connectivity index (χ3n) is 3.74. The van der Waals surface area contributed by atoms with Crippen LogP contribution in [0.1, 0.15) is 32.3 Å². The van der Waals surface area contributed by atoms with Crippen molar-refractivity contribution >= 4 is 17.3 Å². The Hall–Kier alpha value is -1.68. The monoisotopic (exact) mass is 245 g/mol. The Bertz CT molecular complexity index is 529. The van der Waals surface area contributed by atoms with Crippen LogP contribution in [0.25, 0.3) is 5.57 Å². The molecule has 0 saturated carbocycles. The number of nitrogens with zero attached hydrogens (tertiary/aromatic N) is 2. The van der Waals surface area contributed by atoms with Gasteiger partial charge in [-0.3, -0.25) is 9.69 Å². The topological polar surface area (TPSA) is 45.2 Å². The summed E-state index contributed by atoms with van der Waals surface area (Å²) in [5, 5.41) is 2.94. The molecule has 18 heavy (non-hydrogen) atoms. The molecule has 1 fully saturated rings. The molecule has 1 atom stereocenters. The standard InChI is InChI=1S/C14H17N3O.H2/c1-9(2)10-6-11-8-17-5-3-4-12(17)14(18)16-13(11)15-7-10;/h6-7,12H,1,3-5,8H2,2H3,(H,15,16,18);1H. The largest absolute Gasteiger partial charge is 0.309 e. The molecular formula is C14H19N3O. The Labute approximate surface area is 108 Å². The minimum absolute atomic E-state index is 0. The van der Waals surface area contributed by atoms with E-state index in [0.29, 0.717) is 5.82 Å². The van der Waals surface area contributed by atoms with E-state index in [1.54, 1.807) is 6.20 Å². The van der Waals surface area contributed by atoms with E-state index in [9.17, 15) is 4.79 Å². The van der Waals surface area contributed by atoms with Crippen LogP contribution in [0.15, 0.2) is 18.8 Å². The van der Waals surface area contributed by atoms with Crippen molar-refractivity contribution in [2.24, 2.45) is 0 Å². The molecule has 1 aromatic rings. The van der Waals surface area contributed by atoms with Gasteiger partial charge in [0, 0.05) is 19.7 Å². The van der Waals surface area contributed by atoms with Crippen molar-refractivity contribution in [3.05, 3.63) is 30.0 Å². The van der Waals surface area contributed by atoms with Crippen LogP contribution in [0.3, 0.4) is 0 Å². The number of aromatic nitrogens is 1. The minimum atomic E-state index is 0. The van der Waals surface area contributed by atoms with E-state index in [-0.39, 0.29) is 13.4 Å². The molecule has 1 unspecified atom stereocenters. The number of allylic oxidation sites excluding steroid dienone is 1. The maximum atomic E-state index is 12.1. The Morgan fingerprint density at radius 1 is 1.67 bits per heavy atom. The third kappa shape index (κ3) is 1.82. The quantitative estimate of drug-likeness (QED) is 0.825. The van der Waals surface area contributed by atoms with E-state index >= 15 is 0 Å². The highest BCUT2D eigenvalue weighted by Gasteiger charge is 2.34. The minimum Gasteiger partial charge on any atom is -0.309 e. The summed E-state index contributed by atoms with van der Waals surface area (Å²) in [7, 11) is 0. The second-order valence-corrected chi connectivity index (χ2v) is 5.13. The Balaban J connectivity index is 0.00000133. The number of fused-ring (bicyclic) bond motifs is 2. The fourth-order valence-electron chi connectivity index (χ4n) is 2.71. The van der Waals surface area contributed by atoms with Crippen molar-refractivity contribution in [3.8, 4) is 0 Å². The van der Waals surface area contributed by atoms with Crippen molar-refractivity contribution in [2.45, 2.75) is 32.4 Å². The molecule has 0 spiro atoms. The molecule has 2 aliphatic rings. The van der Waals surface area contributed by atoms with Crippen molar-refractivity contribution in [3.63, 3.8) is 0 Å². The maximum Gasteiger partial charge on any atom is 0.242 e. The number of carbonyl (C=O) groups excluding carboxylic acids is 1. The first kappa shape index (κ1) is 11.4. The van der Waals surface area contributed by atoms with Crippen molar-refractivity contribution in [1.82, 2.24) is 9.88 Å². The van der Waals surface area contributed by atoms with Gasteiger partial charge in [0.25, 0.3) is 0 Å². The highest BCUT2D eigenvalue weighted by atomic mass is 16.2. The van der Waals surface area contributed by atoms with Gasteiger partial charge in [0.1, 0.15) is 5.82 Å². The van der Waals surface area contributed by atoms with Gasteiger partial charge in [-0.15, -0.1) is 0 Å². The van der Waals surface area contributed by atoms with Gasteiger partial charge in [0.2, 0.25) is 5.91 Å². The molecule has 0 bridgehead atoms. The molecule has 4 nitrogen and oxygen atoms in total. The van der Waals surface area contributed by atoms with E-state index < -0.39 is 0 Å². The van der Waals surface area contributed by atoms with Gasteiger partial charge in [-0.25, -0.2) is 4.98 Å². The van der Waals surface area contributed by atoms with Gasteiger partial charge >= 0.3 is 0 Å². The van der Waals surface area contributed by atoms with Crippen LogP contribution >= 0.6 is 0 Å². The van der Waals surface area contributed by atoms with E-state index in [1.807, 2.05) is 6.92 Å². The highest BCUT2D eigenvalue weighted by molar-refractivity contribution is 5.95. The van der Waals surface area contributed by atoms with Crippen molar-refractivity contribution in [1.29, 1.82) is 0 Å². The summed E-state index contributed by atoms with van der Waals surface area (Å²) < 4.78 is 0. The SMILES string of the molecule is C=C(C)c1cnc2c(c1)CN1CCCC1C(=O)N2.[HH]. The fraction of sp³-hybridized carbons (Fsp3) is 0.429. The van der Waals surface area contributed by atoms with Crippen LogP contribution < -0.4 is 5.32 Å². The van der Waals surface area contributed by atoms with E-state index in [0.717, 1.165) is 42.6 Å². The van der Waals surface area contributed by atoms with E-state index in [2.05, 4.69) is 27.8 Å². The Kier molecular flexibility index (Phi) is 2.67. The Morgan fingerprint density at radius 2 is 2.50 bits per heavy atom. The molecule has 4 heteroatoms. The molecule has 2 aliphatic heterocycles. The first-order valence-corrected chi connectivity index (χ1v) is 6.35. The van der Waals surface area contributed by atoms with Crippen LogP contribution in [0.2, 0.25) is 0 Å². The zero-order chi connectivity index (χ0) is 12.7. The number of anilines is 1. The molecule has 1 saturated heterocycles. The second-order valence-electron chi connectivity index (χ2n) is 5.13. The van der Waals surface area contributed by atoms with Gasteiger partial charge < -0.3 is 5.32 Å². The molecule has 3 heterocycles. The molecule has 1 N–H and O–H groups in total. The van der Waals surface area contributed by atoms with Crippen LogP contribution in [0, 0.1) is 0 Å². The van der Waals surface area contributed by atoms with Gasteiger partial charge in [0.05, 0.1) is 6.04 Å². The summed E-state index contributed by atoms with van der Waals surface area (Å²) in [5.74, 6) is 0.793. The fourth-order valence-corrected chi connectivity index (χ4v) is 2.71. The zero-order valence-corrected chi connectivity index (χ0v) is 10.6. The lowest BCUT2D eigenvalue weighted by Crippen LogP contribution is -2.36. The number of pyridine rings is 1. The average Bonchev–Trinajstić information content (AvgIpc) is 2.74. The highest BCUT2D eigenvalue weighted by Crippen LogP contribution is 2.28. The van der Waals surface area contributed by atoms with E-state index in [1.165, 1.54) is 0 Å². The van der Waals surface area contributed by atoms with Gasteiger partial charge in [0.15, 0.2) is 0 Å². The summed E-state index contributed by atoms with van der Waals surface area (Å²) >= 11 is 0. The first-order valence-electron chi connectivity index (χ1n) is 6.35. The Morgan fingerprint density at radius 3 is 3.28 bits per heavy atom. The number of carbonyl (C=O) groups is 1. The predicted molar refractivity (Wildman–Crippen MR) is 73.1 cm³/mol. The van der Waals surface area contributed by atoms with Crippen LogP contribution in [-0.2, 0) is 11.3 Å². The van der Waals surface area contributed by atoms with Gasteiger partial charge in [-0.2, -0.15) is 0 Å². The zero-order valence-electron chi connectivity index (χ0n) is 10.6. The molecule has 0 radical (unpaired) electrons. The smallest absolute Gasteiger partial charge is 0.242 e. The molecule has 3 rings (SSSR count). The van der Waals surface area contributed by atoms with E-state index in [4.69, 9.17) is 0 Å². The lowest BCUT2D eigenvalue weighted by atomic mass is 10.1. The van der Waals surface area contributed by atoms with Gasteiger partial charge in [-0.1, -0.05) is 6.58 Å². The number of nitrogens with one attached hydrogen (secondary N) is 1. The maximum absolute atomic E-state index is 12.1. The summed E-state index contributed by atoms with van der Waals surface area (Å²) in [4.78, 5) is 18.7. The summed E-state index contributed by atoms with van der Waals surface area (Å²) in [6.07, 6.45) is 3.83. The van der Waals surface area contributed by atoms with Crippen LogP contribution in [0.4, 0.5) is 5.82 Å². The number of amides is 1. The summed E-state index contributed by atoms with van der Waals surface area (Å²) in [5.41, 5.74) is 3.13. The number of hydrogen-bond donors (Lipinski definition) is 1. The number of hydrogen-bond acceptors (Lipinski definition) is 3. The predicted octanol–water partition coefficient (Wildman–Crippen LogP) is 2.28. The molecular weight excluding hydrogens is 226 g/mol. The average molecular weight is 245 g/mol. The molecule has 0 aliphatic carbocycles. The van der Waals surface area contributed by atoms with Crippen molar-refractivity contribution < 1.29 is 6.22 Å². The lowest BCUT2D eigenvalue weighted by molar-refractivity contribution is -0.120. The van der Waals surface area contributed by atoms with Gasteiger partial charge in [-0.05, 0) is 43.5 Å². The molecule has 1 amide bonds. The molecule has 96 valence electrons. The summed E-state index contributed by atoms with van der Waals surface area (Å²) in [6.45, 7) is 7.70. The normalized spacial score (nSPS) is 22.9. The third-order valence-corrected chi connectivity index (χ3v) is 3.74. The summed E-state index contributed by atoms with van der Waals surface area (Å²) in [6, 6.07) is 2.11. The molecule has 0 aromatic carbocycles. The first-order chi connectivity index (χ1) is 8.65. The van der Waals surface area contributed by atoms with Crippen LogP contribution in [0.5, 0.6) is 0 Å². The lowest BCUT2D eigenvalue weighted by Gasteiger charge is -2.19. The van der Waals surface area contributed by atoms with Crippen LogP contribution in [-0.4, -0.2) is 28.4 Å².